The van der Waals surface area contributed by atoms with Crippen molar-refractivity contribution in [2.24, 2.45) is 7.05 Å². The van der Waals surface area contributed by atoms with Gasteiger partial charge in [-0.2, -0.15) is 4.31 Å². The molecule has 3 N–H and O–H groups in total. The van der Waals surface area contributed by atoms with Crippen LogP contribution in [0.4, 0.5) is 0 Å². The van der Waals surface area contributed by atoms with Gasteiger partial charge in [0.1, 0.15) is 16.7 Å². The van der Waals surface area contributed by atoms with Gasteiger partial charge >= 0.3 is 5.97 Å². The van der Waals surface area contributed by atoms with Gasteiger partial charge in [0.25, 0.3) is 0 Å². The van der Waals surface area contributed by atoms with Crippen LogP contribution in [-0.4, -0.2) is 41.7 Å². The summed E-state index contributed by atoms with van der Waals surface area (Å²) < 4.78 is 31.5. The summed E-state index contributed by atoms with van der Waals surface area (Å²) in [7, 11) is -1.68. The van der Waals surface area contributed by atoms with Crippen LogP contribution in [0.2, 0.25) is 0 Å². The molecule has 0 aliphatic carbocycles. The van der Waals surface area contributed by atoms with Crippen molar-refractivity contribution in [2.45, 2.75) is 43.7 Å². The predicted octanol–water partition coefficient (Wildman–Crippen LogP) is 4.61. The predicted molar refractivity (Wildman–Crippen MR) is 135 cm³/mol. The van der Waals surface area contributed by atoms with Crippen LogP contribution in [0.15, 0.2) is 70.4 Å². The summed E-state index contributed by atoms with van der Waals surface area (Å²) in [6, 6.07) is 17.4. The number of ether oxygens (including phenoxy) is 1. The zero-order chi connectivity index (χ0) is 25.3. The highest BCUT2D eigenvalue weighted by Gasteiger charge is 2.34. The van der Waals surface area contributed by atoms with E-state index in [4.69, 9.17) is 4.74 Å². The smallest absolute Gasteiger partial charge is 0.304 e. The molecule has 1 aromatic heterocycles. The number of hydrogen-bond acceptors (Lipinski definition) is 6. The molecule has 9 heteroatoms. The van der Waals surface area contributed by atoms with E-state index in [0.29, 0.717) is 22.9 Å². The van der Waals surface area contributed by atoms with Gasteiger partial charge < -0.3 is 14.4 Å². The lowest BCUT2D eigenvalue weighted by Gasteiger charge is -2.42. The Balaban J connectivity index is 1.74. The molecule has 1 aliphatic rings. The SMILES string of the molecule is Cc1ccc(C(CC(=O)O)c2cccc(=O)n2C)cc1CN1CC(C)Oc2ccccc2S1(O)O. The summed E-state index contributed by atoms with van der Waals surface area (Å²) in [5.74, 6) is -1.06. The van der Waals surface area contributed by atoms with Crippen molar-refractivity contribution in [3.8, 4) is 5.75 Å². The maximum Gasteiger partial charge on any atom is 0.304 e. The first-order valence-corrected chi connectivity index (χ1v) is 12.8. The summed E-state index contributed by atoms with van der Waals surface area (Å²) in [5.41, 5.74) is 2.91. The number of pyridine rings is 1. The van der Waals surface area contributed by atoms with E-state index >= 15 is 0 Å². The molecule has 0 spiro atoms. The van der Waals surface area contributed by atoms with Crippen LogP contribution >= 0.6 is 10.8 Å². The highest BCUT2D eigenvalue weighted by molar-refractivity contribution is 8.22. The Bertz CT molecular complexity index is 1300. The molecule has 0 bridgehead atoms. The Morgan fingerprint density at radius 2 is 1.89 bits per heavy atom. The van der Waals surface area contributed by atoms with E-state index in [1.807, 2.05) is 32.0 Å². The van der Waals surface area contributed by atoms with Gasteiger partial charge in [-0.15, -0.1) is 10.8 Å². The van der Waals surface area contributed by atoms with Crippen LogP contribution in [0, 0.1) is 6.92 Å². The molecule has 0 saturated carbocycles. The Kier molecular flexibility index (Phi) is 7.05. The number of fused-ring (bicyclic) bond motifs is 1. The van der Waals surface area contributed by atoms with Gasteiger partial charge in [0.15, 0.2) is 0 Å². The first-order valence-electron chi connectivity index (χ1n) is 11.3. The summed E-state index contributed by atoms with van der Waals surface area (Å²) in [6.45, 7) is 4.34. The Labute approximate surface area is 205 Å². The van der Waals surface area contributed by atoms with E-state index in [0.717, 1.165) is 16.7 Å². The molecule has 0 fully saturated rings. The minimum Gasteiger partial charge on any atom is -0.487 e. The molecule has 4 rings (SSSR count). The highest BCUT2D eigenvalue weighted by Crippen LogP contribution is 2.57. The third kappa shape index (κ3) is 5.13. The zero-order valence-electron chi connectivity index (χ0n) is 19.9. The molecule has 0 saturated heterocycles. The van der Waals surface area contributed by atoms with Gasteiger partial charge in [-0.25, -0.2) is 0 Å². The number of nitrogens with zero attached hydrogens (tertiary/aromatic N) is 2. The second kappa shape index (κ2) is 9.87. The number of aromatic nitrogens is 1. The van der Waals surface area contributed by atoms with Crippen LogP contribution < -0.4 is 10.3 Å². The molecule has 0 radical (unpaired) electrons. The largest absolute Gasteiger partial charge is 0.487 e. The first kappa shape index (κ1) is 25.0. The third-order valence-electron chi connectivity index (χ3n) is 6.37. The normalized spacial score (nSPS) is 19.2. The van der Waals surface area contributed by atoms with Crippen LogP contribution in [-0.2, 0) is 18.4 Å². The number of aliphatic carboxylic acids is 1. The summed E-state index contributed by atoms with van der Waals surface area (Å²) in [4.78, 5) is 24.3. The van der Waals surface area contributed by atoms with Crippen LogP contribution in [0.25, 0.3) is 0 Å². The summed E-state index contributed by atoms with van der Waals surface area (Å²) in [6.07, 6.45) is -0.455. The fourth-order valence-electron chi connectivity index (χ4n) is 4.48. The second-order valence-corrected chi connectivity index (χ2v) is 10.9. The van der Waals surface area contributed by atoms with Gasteiger partial charge in [-0.05, 0) is 48.7 Å². The maximum atomic E-state index is 12.2. The Hall–Kier alpha value is -3.11. The van der Waals surface area contributed by atoms with Crippen molar-refractivity contribution >= 4 is 16.7 Å². The topological polar surface area (TPSA) is 112 Å². The summed E-state index contributed by atoms with van der Waals surface area (Å²) in [5, 5.41) is 9.60. The summed E-state index contributed by atoms with van der Waals surface area (Å²) >= 11 is 0. The molecule has 0 amide bonds. The van der Waals surface area contributed by atoms with E-state index in [-0.39, 0.29) is 24.6 Å². The average Bonchev–Trinajstić information content (AvgIpc) is 2.89. The molecule has 2 heterocycles. The number of carboxylic acid groups (broad SMARTS) is 1. The quantitative estimate of drug-likeness (QED) is 0.455. The molecular weight excluding hydrogens is 468 g/mol. The van der Waals surface area contributed by atoms with E-state index in [9.17, 15) is 23.8 Å². The maximum absolute atomic E-state index is 12.2. The molecule has 35 heavy (non-hydrogen) atoms. The van der Waals surface area contributed by atoms with E-state index < -0.39 is 22.7 Å². The van der Waals surface area contributed by atoms with Crippen molar-refractivity contribution in [3.05, 3.63) is 93.4 Å². The fourth-order valence-corrected chi connectivity index (χ4v) is 6.14. The van der Waals surface area contributed by atoms with Gasteiger partial charge in [0.2, 0.25) is 5.56 Å². The number of aryl methyl sites for hydroxylation is 1. The van der Waals surface area contributed by atoms with E-state index in [2.05, 4.69) is 0 Å². The number of carboxylic acids is 1. The molecule has 8 nitrogen and oxygen atoms in total. The van der Waals surface area contributed by atoms with Gasteiger partial charge in [0.05, 0.1) is 13.0 Å². The highest BCUT2D eigenvalue weighted by atomic mass is 32.3. The van der Waals surface area contributed by atoms with Crippen molar-refractivity contribution in [1.82, 2.24) is 8.87 Å². The molecule has 1 aliphatic heterocycles. The monoisotopic (exact) mass is 498 g/mol. The van der Waals surface area contributed by atoms with Gasteiger partial charge in [-0.1, -0.05) is 36.4 Å². The van der Waals surface area contributed by atoms with Crippen molar-refractivity contribution in [1.29, 1.82) is 0 Å². The van der Waals surface area contributed by atoms with Crippen LogP contribution in [0.5, 0.6) is 5.75 Å². The fraction of sp³-hybridized carbons (Fsp3) is 0.308. The van der Waals surface area contributed by atoms with Crippen molar-refractivity contribution in [3.63, 3.8) is 0 Å². The molecule has 3 aromatic rings. The van der Waals surface area contributed by atoms with Crippen LogP contribution in [0.3, 0.4) is 0 Å². The minimum atomic E-state index is -3.31. The molecule has 2 unspecified atom stereocenters. The molecule has 2 atom stereocenters. The third-order valence-corrected chi connectivity index (χ3v) is 8.30. The van der Waals surface area contributed by atoms with Crippen molar-refractivity contribution < 1.29 is 23.7 Å². The van der Waals surface area contributed by atoms with Gasteiger partial charge in [0, 0.05) is 31.3 Å². The second-order valence-electron chi connectivity index (χ2n) is 8.90. The molecule has 2 aromatic carbocycles. The lowest BCUT2D eigenvalue weighted by Crippen LogP contribution is -2.33. The standard InChI is InChI=1S/C26H30N2O6S/c1-17-11-12-19(21(14-26(30)31)22-7-6-10-25(29)27(22)3)13-20(17)16-28-15-18(2)34-23-8-4-5-9-24(23)35(28,32)33/h4-13,18,21,32-33H,14-16H2,1-3H3,(H,30,31). The zero-order valence-corrected chi connectivity index (χ0v) is 20.7. The number of hydrogen-bond donors (Lipinski definition) is 3. The molecular formula is C26H30N2O6S. The lowest BCUT2D eigenvalue weighted by molar-refractivity contribution is -0.137. The first-order chi connectivity index (χ1) is 16.6. The van der Waals surface area contributed by atoms with E-state index in [1.165, 1.54) is 10.6 Å². The van der Waals surface area contributed by atoms with Gasteiger partial charge in [-0.3, -0.25) is 18.7 Å². The Morgan fingerprint density at radius 1 is 1.14 bits per heavy atom. The molecule has 186 valence electrons. The number of rotatable bonds is 6. The average molecular weight is 499 g/mol. The minimum absolute atomic E-state index is 0.184. The van der Waals surface area contributed by atoms with E-state index in [1.54, 1.807) is 47.8 Å². The number of para-hydroxylation sites is 1. The number of benzene rings is 2. The number of carbonyl (C=O) groups is 1. The van der Waals surface area contributed by atoms with Crippen molar-refractivity contribution in [2.75, 3.05) is 6.54 Å². The van der Waals surface area contributed by atoms with Crippen LogP contribution in [0.1, 0.15) is 41.6 Å². The Morgan fingerprint density at radius 3 is 2.63 bits per heavy atom. The lowest BCUT2D eigenvalue weighted by atomic mass is 9.89.